The Morgan fingerprint density at radius 3 is 2.75 bits per heavy atom. The van der Waals surface area contributed by atoms with E-state index in [1.807, 2.05) is 0 Å². The number of aromatic nitrogens is 2. The van der Waals surface area contributed by atoms with Crippen molar-refractivity contribution in [2.45, 2.75) is 63.5 Å². The van der Waals surface area contributed by atoms with E-state index in [1.54, 1.807) is 7.11 Å². The highest BCUT2D eigenvalue weighted by Crippen LogP contribution is 2.39. The van der Waals surface area contributed by atoms with E-state index in [9.17, 15) is 0 Å². The quantitative estimate of drug-likeness (QED) is 0.921. The van der Waals surface area contributed by atoms with Gasteiger partial charge in [-0.25, -0.2) is 0 Å². The van der Waals surface area contributed by atoms with Gasteiger partial charge in [0, 0.05) is 7.11 Å². The minimum atomic E-state index is -0.322. The first kappa shape index (κ1) is 14.0. The van der Waals surface area contributed by atoms with Crippen LogP contribution in [0.4, 0.5) is 0 Å². The van der Waals surface area contributed by atoms with Gasteiger partial charge in [0.2, 0.25) is 11.7 Å². The maximum Gasteiger partial charge on any atom is 0.244 e. The second kappa shape index (κ2) is 5.82. The van der Waals surface area contributed by atoms with Crippen LogP contribution in [0, 0.1) is 5.92 Å². The summed E-state index contributed by atoms with van der Waals surface area (Å²) < 4.78 is 11.3. The average Bonchev–Trinajstić information content (AvgIpc) is 2.98. The Kier molecular flexibility index (Phi) is 4.08. The fraction of sp³-hybridized carbons (Fsp3) is 0.867. The highest BCUT2D eigenvalue weighted by molar-refractivity contribution is 5.06. The van der Waals surface area contributed by atoms with Crippen LogP contribution >= 0.6 is 0 Å². The highest BCUT2D eigenvalue weighted by Gasteiger charge is 2.39. The number of ether oxygens (including phenoxy) is 1. The third-order valence-electron chi connectivity index (χ3n) is 4.94. The molecule has 20 heavy (non-hydrogen) atoms. The smallest absolute Gasteiger partial charge is 0.244 e. The van der Waals surface area contributed by atoms with E-state index in [1.165, 1.54) is 32.1 Å². The van der Waals surface area contributed by atoms with E-state index >= 15 is 0 Å². The Labute approximate surface area is 120 Å². The summed E-state index contributed by atoms with van der Waals surface area (Å²) in [4.78, 5) is 4.69. The predicted molar refractivity (Wildman–Crippen MR) is 75.2 cm³/mol. The van der Waals surface area contributed by atoms with Gasteiger partial charge in [-0.1, -0.05) is 31.3 Å². The first-order valence-corrected chi connectivity index (χ1v) is 7.88. The highest BCUT2D eigenvalue weighted by atomic mass is 16.5. The van der Waals surface area contributed by atoms with Gasteiger partial charge in [-0.05, 0) is 38.1 Å². The van der Waals surface area contributed by atoms with Crippen LogP contribution in [0.5, 0.6) is 0 Å². The van der Waals surface area contributed by atoms with Gasteiger partial charge in [-0.3, -0.25) is 0 Å². The molecule has 0 radical (unpaired) electrons. The zero-order valence-corrected chi connectivity index (χ0v) is 12.5. The summed E-state index contributed by atoms with van der Waals surface area (Å²) in [6, 6.07) is 0.197. The minimum Gasteiger partial charge on any atom is -0.370 e. The van der Waals surface area contributed by atoms with E-state index in [4.69, 9.17) is 9.26 Å². The largest absolute Gasteiger partial charge is 0.370 e. The van der Waals surface area contributed by atoms with Crippen LogP contribution in [0.25, 0.3) is 0 Å². The molecule has 1 aromatic heterocycles. The summed E-state index contributed by atoms with van der Waals surface area (Å²) in [7, 11) is 1.77. The topological polar surface area (TPSA) is 60.2 Å². The van der Waals surface area contributed by atoms with Crippen molar-refractivity contribution in [3.63, 3.8) is 0 Å². The van der Waals surface area contributed by atoms with Gasteiger partial charge in [0.1, 0.15) is 5.60 Å². The lowest BCUT2D eigenvalue weighted by atomic mass is 9.84. The zero-order valence-electron chi connectivity index (χ0n) is 12.5. The molecule has 2 heterocycles. The molecule has 112 valence electrons. The summed E-state index contributed by atoms with van der Waals surface area (Å²) >= 11 is 0. The molecular formula is C15H25N3O2. The molecule has 2 unspecified atom stereocenters. The molecule has 1 aliphatic heterocycles. The number of hydrogen-bond donors (Lipinski definition) is 1. The number of rotatable bonds is 3. The molecule has 1 aliphatic carbocycles. The number of hydrogen-bond acceptors (Lipinski definition) is 5. The molecule has 2 fully saturated rings. The monoisotopic (exact) mass is 279 g/mol. The van der Waals surface area contributed by atoms with Crippen LogP contribution in [0.15, 0.2) is 4.52 Å². The van der Waals surface area contributed by atoms with E-state index in [0.29, 0.717) is 5.92 Å². The molecular weight excluding hydrogens is 254 g/mol. The van der Waals surface area contributed by atoms with Crippen molar-refractivity contribution in [3.05, 3.63) is 11.7 Å². The Bertz CT molecular complexity index is 440. The van der Waals surface area contributed by atoms with Crippen molar-refractivity contribution in [2.75, 3.05) is 13.7 Å². The van der Waals surface area contributed by atoms with Crippen LogP contribution in [0.1, 0.15) is 69.6 Å². The lowest BCUT2D eigenvalue weighted by Crippen LogP contribution is -2.34. The number of methoxy groups -OCH3 is 1. The molecule has 0 amide bonds. The summed E-state index contributed by atoms with van der Waals surface area (Å²) in [5, 5.41) is 7.74. The van der Waals surface area contributed by atoms with Crippen molar-refractivity contribution >= 4 is 0 Å². The third-order valence-corrected chi connectivity index (χ3v) is 4.94. The van der Waals surface area contributed by atoms with E-state index in [2.05, 4.69) is 22.4 Å². The van der Waals surface area contributed by atoms with Crippen molar-refractivity contribution < 1.29 is 9.26 Å². The molecule has 1 saturated carbocycles. The molecule has 1 aromatic rings. The van der Waals surface area contributed by atoms with Crippen LogP contribution in [0.2, 0.25) is 0 Å². The van der Waals surface area contributed by atoms with Crippen molar-refractivity contribution in [1.82, 2.24) is 15.5 Å². The van der Waals surface area contributed by atoms with Gasteiger partial charge in [-0.15, -0.1) is 0 Å². The third kappa shape index (κ3) is 2.49. The molecule has 2 aliphatic rings. The van der Waals surface area contributed by atoms with Crippen LogP contribution in [0.3, 0.4) is 0 Å². The standard InChI is InChI=1S/C15H25N3O2/c1-11-7-6-10-16-12(11)13-17-14(18-20-13)15(19-2)8-4-3-5-9-15/h11-12,16H,3-10H2,1-2H3. The first-order chi connectivity index (χ1) is 9.75. The molecule has 1 N–H and O–H groups in total. The summed E-state index contributed by atoms with van der Waals surface area (Å²) in [6.07, 6.45) is 8.06. The van der Waals surface area contributed by atoms with Crippen LogP contribution in [-0.4, -0.2) is 23.8 Å². The molecule has 0 aromatic carbocycles. The Morgan fingerprint density at radius 2 is 2.05 bits per heavy atom. The normalized spacial score (nSPS) is 30.3. The molecule has 2 atom stereocenters. The maximum atomic E-state index is 5.79. The number of nitrogens with zero attached hydrogens (tertiary/aromatic N) is 2. The van der Waals surface area contributed by atoms with Gasteiger partial charge in [0.05, 0.1) is 6.04 Å². The van der Waals surface area contributed by atoms with Crippen molar-refractivity contribution in [2.24, 2.45) is 5.92 Å². The summed E-state index contributed by atoms with van der Waals surface area (Å²) in [6.45, 7) is 3.27. The second-order valence-electron chi connectivity index (χ2n) is 6.27. The molecule has 5 nitrogen and oxygen atoms in total. The Morgan fingerprint density at radius 1 is 1.25 bits per heavy atom. The molecule has 1 saturated heterocycles. The molecule has 5 heteroatoms. The SMILES string of the molecule is COC1(c2noc(C3NCCCC3C)n2)CCCCC1. The summed E-state index contributed by atoms with van der Waals surface area (Å²) in [5.41, 5.74) is -0.322. The average molecular weight is 279 g/mol. The second-order valence-corrected chi connectivity index (χ2v) is 6.27. The number of piperidine rings is 1. The van der Waals surface area contributed by atoms with E-state index < -0.39 is 0 Å². The molecule has 0 bridgehead atoms. The van der Waals surface area contributed by atoms with Gasteiger partial charge in [-0.2, -0.15) is 4.98 Å². The van der Waals surface area contributed by atoms with Gasteiger partial charge >= 0.3 is 0 Å². The zero-order chi connectivity index (χ0) is 14.0. The Balaban J connectivity index is 1.81. The fourth-order valence-corrected chi connectivity index (χ4v) is 3.57. The molecule has 0 spiro atoms. The van der Waals surface area contributed by atoms with Gasteiger partial charge in [0.25, 0.3) is 0 Å². The van der Waals surface area contributed by atoms with Gasteiger partial charge < -0.3 is 14.6 Å². The lowest BCUT2D eigenvalue weighted by Gasteiger charge is -2.32. The van der Waals surface area contributed by atoms with E-state index in [-0.39, 0.29) is 11.6 Å². The minimum absolute atomic E-state index is 0.197. The maximum absolute atomic E-state index is 5.79. The van der Waals surface area contributed by atoms with Gasteiger partial charge in [0.15, 0.2) is 0 Å². The Hall–Kier alpha value is -0.940. The van der Waals surface area contributed by atoms with E-state index in [0.717, 1.165) is 31.1 Å². The lowest BCUT2D eigenvalue weighted by molar-refractivity contribution is -0.0527. The molecule has 3 rings (SSSR count). The fourth-order valence-electron chi connectivity index (χ4n) is 3.57. The first-order valence-electron chi connectivity index (χ1n) is 7.88. The predicted octanol–water partition coefficient (Wildman–Crippen LogP) is 2.94. The van der Waals surface area contributed by atoms with Crippen molar-refractivity contribution in [3.8, 4) is 0 Å². The number of nitrogens with one attached hydrogen (secondary N) is 1. The van der Waals surface area contributed by atoms with Crippen LogP contribution in [-0.2, 0) is 10.3 Å². The van der Waals surface area contributed by atoms with Crippen LogP contribution < -0.4 is 5.32 Å². The summed E-state index contributed by atoms with van der Waals surface area (Å²) in [5.74, 6) is 2.02. The van der Waals surface area contributed by atoms with Crippen molar-refractivity contribution in [1.29, 1.82) is 0 Å².